The fraction of sp³-hybridized carbons (Fsp3) is 1.00. The van der Waals surface area contributed by atoms with Crippen LogP contribution in [-0.2, 0) is 0 Å². The standard InChI is InChI=1S/C15H31Br/c1-4-6-7-8-9-10-11-13-15(3,14-16)12-5-2/h4-14H2,1-3H3. The van der Waals surface area contributed by atoms with Gasteiger partial charge in [-0.2, -0.15) is 0 Å². The smallest absolute Gasteiger partial charge is 0.00853 e. The summed E-state index contributed by atoms with van der Waals surface area (Å²) in [6.45, 7) is 7.01. The first-order valence-electron chi connectivity index (χ1n) is 7.24. The van der Waals surface area contributed by atoms with E-state index in [1.807, 2.05) is 0 Å². The van der Waals surface area contributed by atoms with Crippen molar-refractivity contribution >= 4 is 15.9 Å². The van der Waals surface area contributed by atoms with Gasteiger partial charge in [0.2, 0.25) is 0 Å². The molecule has 0 saturated carbocycles. The van der Waals surface area contributed by atoms with Crippen molar-refractivity contribution in [1.82, 2.24) is 0 Å². The summed E-state index contributed by atoms with van der Waals surface area (Å²) >= 11 is 3.68. The maximum atomic E-state index is 3.68. The Bertz CT molecular complexity index is 144. The Kier molecular flexibility index (Phi) is 10.9. The van der Waals surface area contributed by atoms with E-state index in [9.17, 15) is 0 Å². The van der Waals surface area contributed by atoms with Gasteiger partial charge >= 0.3 is 0 Å². The molecule has 0 aliphatic carbocycles. The average molecular weight is 291 g/mol. The molecule has 1 atom stereocenters. The summed E-state index contributed by atoms with van der Waals surface area (Å²) in [5.41, 5.74) is 0.554. The van der Waals surface area contributed by atoms with Crippen molar-refractivity contribution in [1.29, 1.82) is 0 Å². The molecular formula is C15H31Br. The van der Waals surface area contributed by atoms with Gasteiger partial charge in [-0.15, -0.1) is 0 Å². The Morgan fingerprint density at radius 3 is 1.81 bits per heavy atom. The zero-order valence-electron chi connectivity index (χ0n) is 11.7. The van der Waals surface area contributed by atoms with Crippen LogP contribution in [0.3, 0.4) is 0 Å². The summed E-state index contributed by atoms with van der Waals surface area (Å²) in [6, 6.07) is 0. The minimum Gasteiger partial charge on any atom is -0.0922 e. The lowest BCUT2D eigenvalue weighted by Crippen LogP contribution is -2.17. The van der Waals surface area contributed by atoms with Crippen molar-refractivity contribution in [2.45, 2.75) is 85.0 Å². The number of rotatable bonds is 11. The van der Waals surface area contributed by atoms with E-state index in [0.29, 0.717) is 5.41 Å². The molecule has 0 N–H and O–H groups in total. The number of halogens is 1. The van der Waals surface area contributed by atoms with Crippen molar-refractivity contribution in [3.8, 4) is 0 Å². The van der Waals surface area contributed by atoms with Gasteiger partial charge in [-0.25, -0.2) is 0 Å². The Morgan fingerprint density at radius 1 is 0.750 bits per heavy atom. The molecule has 0 aliphatic heterocycles. The second kappa shape index (κ2) is 10.6. The second-order valence-corrected chi connectivity index (χ2v) is 6.13. The summed E-state index contributed by atoms with van der Waals surface area (Å²) in [4.78, 5) is 0. The van der Waals surface area contributed by atoms with Crippen LogP contribution < -0.4 is 0 Å². The maximum Gasteiger partial charge on any atom is 0.00853 e. The number of hydrogen-bond acceptors (Lipinski definition) is 0. The lowest BCUT2D eigenvalue weighted by molar-refractivity contribution is 0.301. The number of unbranched alkanes of at least 4 members (excludes halogenated alkanes) is 6. The number of hydrogen-bond donors (Lipinski definition) is 0. The second-order valence-electron chi connectivity index (χ2n) is 5.57. The molecule has 0 bridgehead atoms. The van der Waals surface area contributed by atoms with Crippen LogP contribution in [0.25, 0.3) is 0 Å². The van der Waals surface area contributed by atoms with Crippen LogP contribution in [0.15, 0.2) is 0 Å². The van der Waals surface area contributed by atoms with Gasteiger partial charge in [0, 0.05) is 5.33 Å². The highest BCUT2D eigenvalue weighted by Crippen LogP contribution is 2.32. The van der Waals surface area contributed by atoms with Crippen molar-refractivity contribution in [2.75, 3.05) is 5.33 Å². The van der Waals surface area contributed by atoms with Gasteiger partial charge in [-0.05, 0) is 18.3 Å². The largest absolute Gasteiger partial charge is 0.0922 e. The molecule has 0 amide bonds. The fourth-order valence-corrected chi connectivity index (χ4v) is 2.93. The first-order chi connectivity index (χ1) is 7.68. The quantitative estimate of drug-likeness (QED) is 0.308. The van der Waals surface area contributed by atoms with Gasteiger partial charge in [0.25, 0.3) is 0 Å². The van der Waals surface area contributed by atoms with Gasteiger partial charge in [-0.1, -0.05) is 88.1 Å². The molecular weight excluding hydrogens is 260 g/mol. The highest BCUT2D eigenvalue weighted by molar-refractivity contribution is 9.09. The van der Waals surface area contributed by atoms with Crippen LogP contribution in [0, 0.1) is 5.41 Å². The topological polar surface area (TPSA) is 0 Å². The predicted molar refractivity (Wildman–Crippen MR) is 79.4 cm³/mol. The van der Waals surface area contributed by atoms with Crippen LogP contribution in [0.5, 0.6) is 0 Å². The van der Waals surface area contributed by atoms with Gasteiger partial charge in [0.1, 0.15) is 0 Å². The SMILES string of the molecule is CCCCCCCCCC(C)(CBr)CCC. The Labute approximate surface area is 112 Å². The molecule has 0 nitrogen and oxygen atoms in total. The summed E-state index contributed by atoms with van der Waals surface area (Å²) in [5.74, 6) is 0. The van der Waals surface area contributed by atoms with Crippen LogP contribution >= 0.6 is 15.9 Å². The van der Waals surface area contributed by atoms with E-state index in [4.69, 9.17) is 0 Å². The molecule has 0 aliphatic rings. The highest BCUT2D eigenvalue weighted by Gasteiger charge is 2.20. The third kappa shape index (κ3) is 8.61. The maximum absolute atomic E-state index is 3.68. The molecule has 0 heterocycles. The lowest BCUT2D eigenvalue weighted by atomic mass is 9.82. The summed E-state index contributed by atoms with van der Waals surface area (Å²) in [7, 11) is 0. The monoisotopic (exact) mass is 290 g/mol. The van der Waals surface area contributed by atoms with E-state index in [1.165, 1.54) is 69.5 Å². The van der Waals surface area contributed by atoms with E-state index in [1.54, 1.807) is 0 Å². The Hall–Kier alpha value is 0.480. The van der Waals surface area contributed by atoms with Gasteiger partial charge < -0.3 is 0 Å². The summed E-state index contributed by atoms with van der Waals surface area (Å²) in [6.07, 6.45) is 14.1. The van der Waals surface area contributed by atoms with Crippen LogP contribution in [-0.4, -0.2) is 5.33 Å². The molecule has 1 unspecified atom stereocenters. The van der Waals surface area contributed by atoms with Crippen LogP contribution in [0.2, 0.25) is 0 Å². The van der Waals surface area contributed by atoms with Gasteiger partial charge in [-0.3, -0.25) is 0 Å². The molecule has 1 heteroatoms. The van der Waals surface area contributed by atoms with Crippen molar-refractivity contribution in [3.63, 3.8) is 0 Å². The van der Waals surface area contributed by atoms with Gasteiger partial charge in [0.15, 0.2) is 0 Å². The molecule has 0 radical (unpaired) electrons. The van der Waals surface area contributed by atoms with Crippen molar-refractivity contribution in [2.24, 2.45) is 5.41 Å². The lowest BCUT2D eigenvalue weighted by Gasteiger charge is -2.26. The minimum absolute atomic E-state index is 0.554. The molecule has 0 aromatic carbocycles. The highest BCUT2D eigenvalue weighted by atomic mass is 79.9. The van der Waals surface area contributed by atoms with Crippen molar-refractivity contribution in [3.05, 3.63) is 0 Å². The van der Waals surface area contributed by atoms with Crippen molar-refractivity contribution < 1.29 is 0 Å². The van der Waals surface area contributed by atoms with E-state index in [-0.39, 0.29) is 0 Å². The average Bonchev–Trinajstić information content (AvgIpc) is 2.28. The predicted octanol–water partition coefficient (Wildman–Crippen LogP) is 6.33. The molecule has 0 saturated heterocycles. The third-order valence-electron chi connectivity index (χ3n) is 3.56. The molecule has 0 spiro atoms. The fourth-order valence-electron chi connectivity index (χ4n) is 2.37. The normalized spacial score (nSPS) is 15.0. The zero-order valence-corrected chi connectivity index (χ0v) is 13.2. The first kappa shape index (κ1) is 16.5. The number of alkyl halides is 1. The molecule has 0 rings (SSSR count). The molecule has 0 aromatic rings. The minimum atomic E-state index is 0.554. The molecule has 98 valence electrons. The Morgan fingerprint density at radius 2 is 1.31 bits per heavy atom. The Balaban J connectivity index is 3.41. The van der Waals surface area contributed by atoms with E-state index in [2.05, 4.69) is 36.7 Å². The zero-order chi connectivity index (χ0) is 12.3. The van der Waals surface area contributed by atoms with E-state index >= 15 is 0 Å². The first-order valence-corrected chi connectivity index (χ1v) is 8.36. The summed E-state index contributed by atoms with van der Waals surface area (Å²) < 4.78 is 0. The van der Waals surface area contributed by atoms with E-state index < -0.39 is 0 Å². The van der Waals surface area contributed by atoms with E-state index in [0.717, 1.165) is 0 Å². The summed E-state index contributed by atoms with van der Waals surface area (Å²) in [5, 5.41) is 1.17. The van der Waals surface area contributed by atoms with Gasteiger partial charge in [0.05, 0.1) is 0 Å². The molecule has 0 fully saturated rings. The third-order valence-corrected chi connectivity index (χ3v) is 4.91. The molecule has 16 heavy (non-hydrogen) atoms. The van der Waals surface area contributed by atoms with Crippen LogP contribution in [0.4, 0.5) is 0 Å². The van der Waals surface area contributed by atoms with Crippen LogP contribution in [0.1, 0.15) is 85.0 Å². The molecule has 0 aromatic heterocycles.